The quantitative estimate of drug-likeness (QED) is 0.829. The van der Waals surface area contributed by atoms with E-state index >= 15 is 0 Å². The summed E-state index contributed by atoms with van der Waals surface area (Å²) < 4.78 is 29.9. The summed E-state index contributed by atoms with van der Waals surface area (Å²) in [6.07, 6.45) is 1.17. The van der Waals surface area contributed by atoms with Crippen LogP contribution in [0, 0.1) is 0 Å². The van der Waals surface area contributed by atoms with Gasteiger partial charge < -0.3 is 4.74 Å². The molecule has 0 radical (unpaired) electrons. The molecule has 1 aliphatic heterocycles. The molecule has 0 unspecified atom stereocenters. The van der Waals surface area contributed by atoms with Gasteiger partial charge in [-0.3, -0.25) is 4.31 Å². The van der Waals surface area contributed by atoms with Crippen LogP contribution in [0.5, 0.6) is 0 Å². The van der Waals surface area contributed by atoms with Gasteiger partial charge in [-0.1, -0.05) is 12.1 Å². The first-order chi connectivity index (χ1) is 8.39. The summed E-state index contributed by atoms with van der Waals surface area (Å²) >= 11 is 0. The molecule has 0 saturated carbocycles. The first kappa shape index (κ1) is 12.9. The molecule has 0 bridgehead atoms. The Labute approximate surface area is 107 Å². The Morgan fingerprint density at radius 1 is 1.39 bits per heavy atom. The fourth-order valence-electron chi connectivity index (χ4n) is 1.73. The van der Waals surface area contributed by atoms with Gasteiger partial charge in [0.25, 0.3) is 0 Å². The molecule has 0 amide bonds. The van der Waals surface area contributed by atoms with E-state index in [2.05, 4.69) is 4.99 Å². The summed E-state index contributed by atoms with van der Waals surface area (Å²) in [5.74, 6) is 0.508. The molecular weight excluding hydrogens is 252 g/mol. The van der Waals surface area contributed by atoms with Crippen molar-refractivity contribution in [3.8, 4) is 0 Å². The van der Waals surface area contributed by atoms with Gasteiger partial charge in [-0.15, -0.1) is 0 Å². The molecule has 0 saturated heterocycles. The molecule has 98 valence electrons. The third-order valence-electron chi connectivity index (χ3n) is 2.77. The maximum absolute atomic E-state index is 11.6. The largest absolute Gasteiger partial charge is 0.475 e. The predicted octanol–water partition coefficient (Wildman–Crippen LogP) is 1.25. The monoisotopic (exact) mass is 268 g/mol. The van der Waals surface area contributed by atoms with Crippen LogP contribution in [-0.4, -0.2) is 40.3 Å². The van der Waals surface area contributed by atoms with E-state index in [0.29, 0.717) is 23.8 Å². The van der Waals surface area contributed by atoms with Crippen LogP contribution in [0.4, 0.5) is 5.69 Å². The highest BCUT2D eigenvalue weighted by molar-refractivity contribution is 7.92. The first-order valence-electron chi connectivity index (χ1n) is 5.63. The fourth-order valence-corrected chi connectivity index (χ4v) is 2.25. The summed E-state index contributed by atoms with van der Waals surface area (Å²) in [5.41, 5.74) is 1.28. The van der Waals surface area contributed by atoms with Gasteiger partial charge in [0.1, 0.15) is 6.61 Å². The van der Waals surface area contributed by atoms with Crippen molar-refractivity contribution in [2.24, 2.45) is 4.99 Å². The Bertz CT molecular complexity index is 581. The SMILES string of the molecule is C[C@@H]1COC(c2ccccc2N(C)S(C)(=O)=O)=N1. The van der Waals surface area contributed by atoms with Gasteiger partial charge in [0.05, 0.1) is 23.5 Å². The van der Waals surface area contributed by atoms with Crippen molar-refractivity contribution in [2.75, 3.05) is 24.2 Å². The summed E-state index contributed by atoms with van der Waals surface area (Å²) in [4.78, 5) is 4.36. The van der Waals surface area contributed by atoms with E-state index in [0.717, 1.165) is 0 Å². The van der Waals surface area contributed by atoms with E-state index in [1.54, 1.807) is 12.1 Å². The second-order valence-electron chi connectivity index (χ2n) is 4.34. The molecular formula is C12H16N2O3S. The summed E-state index contributed by atoms with van der Waals surface area (Å²) in [6.45, 7) is 2.49. The standard InChI is InChI=1S/C12H16N2O3S/c1-9-8-17-12(13-9)10-6-4-5-7-11(10)14(2)18(3,15)16/h4-7,9H,8H2,1-3H3/t9-/m1/s1. The van der Waals surface area contributed by atoms with E-state index in [4.69, 9.17) is 4.74 Å². The predicted molar refractivity (Wildman–Crippen MR) is 71.6 cm³/mol. The summed E-state index contributed by atoms with van der Waals surface area (Å²) in [6, 6.07) is 7.29. The van der Waals surface area contributed by atoms with E-state index < -0.39 is 10.0 Å². The second kappa shape index (κ2) is 4.61. The smallest absolute Gasteiger partial charge is 0.232 e. The minimum Gasteiger partial charge on any atom is -0.475 e. The third-order valence-corrected chi connectivity index (χ3v) is 3.96. The molecule has 0 spiro atoms. The van der Waals surface area contributed by atoms with Crippen molar-refractivity contribution in [1.82, 2.24) is 0 Å². The van der Waals surface area contributed by atoms with Crippen molar-refractivity contribution in [2.45, 2.75) is 13.0 Å². The zero-order valence-electron chi connectivity index (χ0n) is 10.6. The van der Waals surface area contributed by atoms with E-state index in [9.17, 15) is 8.42 Å². The Kier molecular flexibility index (Phi) is 3.30. The van der Waals surface area contributed by atoms with Crippen LogP contribution in [0.1, 0.15) is 12.5 Å². The van der Waals surface area contributed by atoms with Crippen LogP contribution in [0.3, 0.4) is 0 Å². The number of para-hydroxylation sites is 1. The molecule has 2 rings (SSSR count). The van der Waals surface area contributed by atoms with E-state index in [1.165, 1.54) is 17.6 Å². The van der Waals surface area contributed by atoms with Gasteiger partial charge in [-0.05, 0) is 19.1 Å². The lowest BCUT2D eigenvalue weighted by Crippen LogP contribution is -2.26. The molecule has 6 heteroatoms. The lowest BCUT2D eigenvalue weighted by Gasteiger charge is -2.19. The molecule has 5 nitrogen and oxygen atoms in total. The van der Waals surface area contributed by atoms with Crippen LogP contribution in [-0.2, 0) is 14.8 Å². The number of hydrogen-bond acceptors (Lipinski definition) is 4. The molecule has 1 atom stereocenters. The van der Waals surface area contributed by atoms with Crippen molar-refractivity contribution in [3.63, 3.8) is 0 Å². The fraction of sp³-hybridized carbons (Fsp3) is 0.417. The molecule has 0 aliphatic carbocycles. The van der Waals surface area contributed by atoms with Crippen LogP contribution in [0.2, 0.25) is 0 Å². The van der Waals surface area contributed by atoms with Crippen molar-refractivity contribution >= 4 is 21.6 Å². The molecule has 0 aromatic heterocycles. The average Bonchev–Trinajstić information content (AvgIpc) is 2.73. The molecule has 0 N–H and O–H groups in total. The highest BCUT2D eigenvalue weighted by Gasteiger charge is 2.22. The van der Waals surface area contributed by atoms with Crippen molar-refractivity contribution in [3.05, 3.63) is 29.8 Å². The number of nitrogens with zero attached hydrogens (tertiary/aromatic N) is 2. The van der Waals surface area contributed by atoms with Gasteiger partial charge in [-0.2, -0.15) is 0 Å². The maximum Gasteiger partial charge on any atom is 0.232 e. The number of sulfonamides is 1. The highest BCUT2D eigenvalue weighted by atomic mass is 32.2. The number of anilines is 1. The maximum atomic E-state index is 11.6. The van der Waals surface area contributed by atoms with E-state index in [-0.39, 0.29) is 6.04 Å². The van der Waals surface area contributed by atoms with Crippen LogP contribution in [0.15, 0.2) is 29.3 Å². The summed E-state index contributed by atoms with van der Waals surface area (Å²) in [5, 5.41) is 0. The number of aliphatic imine (C=N–C) groups is 1. The number of hydrogen-bond donors (Lipinski definition) is 0. The topological polar surface area (TPSA) is 59.0 Å². The minimum atomic E-state index is -3.30. The zero-order chi connectivity index (χ0) is 13.3. The number of rotatable bonds is 3. The zero-order valence-corrected chi connectivity index (χ0v) is 11.4. The van der Waals surface area contributed by atoms with E-state index in [1.807, 2.05) is 19.1 Å². The Hall–Kier alpha value is -1.56. The second-order valence-corrected chi connectivity index (χ2v) is 6.36. The number of benzene rings is 1. The van der Waals surface area contributed by atoms with Crippen molar-refractivity contribution in [1.29, 1.82) is 0 Å². The lowest BCUT2D eigenvalue weighted by molar-refractivity contribution is 0.324. The molecule has 18 heavy (non-hydrogen) atoms. The normalized spacial score (nSPS) is 19.3. The minimum absolute atomic E-state index is 0.108. The molecule has 1 heterocycles. The highest BCUT2D eigenvalue weighted by Crippen LogP contribution is 2.24. The summed E-state index contributed by atoms with van der Waals surface area (Å²) in [7, 11) is -1.78. The van der Waals surface area contributed by atoms with Crippen LogP contribution >= 0.6 is 0 Å². The third kappa shape index (κ3) is 2.48. The van der Waals surface area contributed by atoms with Crippen molar-refractivity contribution < 1.29 is 13.2 Å². The Balaban J connectivity index is 2.47. The van der Waals surface area contributed by atoms with Gasteiger partial charge in [-0.25, -0.2) is 13.4 Å². The Morgan fingerprint density at radius 2 is 2.06 bits per heavy atom. The van der Waals surface area contributed by atoms with Gasteiger partial charge >= 0.3 is 0 Å². The average molecular weight is 268 g/mol. The first-order valence-corrected chi connectivity index (χ1v) is 7.48. The number of ether oxygens (including phenoxy) is 1. The van der Waals surface area contributed by atoms with Crippen LogP contribution < -0.4 is 4.31 Å². The molecule has 1 aromatic rings. The molecule has 1 aliphatic rings. The van der Waals surface area contributed by atoms with Gasteiger partial charge in [0.15, 0.2) is 0 Å². The van der Waals surface area contributed by atoms with Crippen LogP contribution in [0.25, 0.3) is 0 Å². The Morgan fingerprint density at radius 3 is 2.61 bits per heavy atom. The lowest BCUT2D eigenvalue weighted by atomic mass is 10.2. The van der Waals surface area contributed by atoms with Gasteiger partial charge in [0, 0.05) is 7.05 Å². The molecule has 0 fully saturated rings. The van der Waals surface area contributed by atoms with Gasteiger partial charge in [0.2, 0.25) is 15.9 Å². The molecule has 1 aromatic carbocycles.